The van der Waals surface area contributed by atoms with E-state index in [2.05, 4.69) is 13.8 Å². The molecule has 0 N–H and O–H groups in total. The van der Waals surface area contributed by atoms with Crippen LogP contribution >= 0.6 is 0 Å². The van der Waals surface area contributed by atoms with Crippen molar-refractivity contribution in [2.75, 3.05) is 18.1 Å². The van der Waals surface area contributed by atoms with Gasteiger partial charge in [-0.25, -0.2) is 9.69 Å². The fraction of sp³-hybridized carbons (Fsp3) is 0.400. The van der Waals surface area contributed by atoms with E-state index < -0.39 is 0 Å². The van der Waals surface area contributed by atoms with Gasteiger partial charge in [0.25, 0.3) is 0 Å². The quantitative estimate of drug-likeness (QED) is 0.783. The minimum Gasteiger partial charge on any atom is -0.448 e. The predicted octanol–water partition coefficient (Wildman–Crippen LogP) is 3.72. The fourth-order valence-electron chi connectivity index (χ4n) is 2.37. The Kier molecular flexibility index (Phi) is 2.55. The summed E-state index contributed by atoms with van der Waals surface area (Å²) in [4.78, 5) is 13.5. The van der Waals surface area contributed by atoms with Crippen LogP contribution in [0.3, 0.4) is 0 Å². The Morgan fingerprint density at radius 2 is 2.11 bits per heavy atom. The summed E-state index contributed by atoms with van der Waals surface area (Å²) in [5.41, 5.74) is 1.87. The number of nitrogens with zero attached hydrogens (tertiary/aromatic N) is 1. The molecule has 19 heavy (non-hydrogen) atoms. The zero-order valence-corrected chi connectivity index (χ0v) is 11.4. The van der Waals surface area contributed by atoms with Gasteiger partial charge < -0.3 is 9.15 Å². The molecule has 0 spiro atoms. The molecule has 0 radical (unpaired) electrons. The van der Waals surface area contributed by atoms with Crippen LogP contribution in [0.1, 0.15) is 19.4 Å². The van der Waals surface area contributed by atoms with Crippen LogP contribution in [0.25, 0.3) is 11.0 Å². The summed E-state index contributed by atoms with van der Waals surface area (Å²) >= 11 is 0. The number of carbonyl (C=O) groups is 1. The molecule has 2 heterocycles. The van der Waals surface area contributed by atoms with Gasteiger partial charge in [-0.3, -0.25) is 0 Å². The van der Waals surface area contributed by atoms with E-state index in [0.717, 1.165) is 16.5 Å². The number of fused-ring (bicyclic) bond motifs is 1. The number of ether oxygens (including phenoxy) is 1. The number of rotatable bonds is 1. The Morgan fingerprint density at radius 3 is 2.84 bits per heavy atom. The van der Waals surface area contributed by atoms with Crippen LogP contribution in [-0.4, -0.2) is 19.2 Å². The highest BCUT2D eigenvalue weighted by Crippen LogP contribution is 2.33. The number of anilines is 1. The van der Waals surface area contributed by atoms with Gasteiger partial charge in [-0.1, -0.05) is 26.0 Å². The largest absolute Gasteiger partial charge is 0.448 e. The first-order valence-electron chi connectivity index (χ1n) is 6.40. The lowest BCUT2D eigenvalue weighted by Crippen LogP contribution is -2.47. The van der Waals surface area contributed by atoms with Gasteiger partial charge in [-0.2, -0.15) is 0 Å². The van der Waals surface area contributed by atoms with Crippen LogP contribution in [0.5, 0.6) is 0 Å². The van der Waals surface area contributed by atoms with Crippen molar-refractivity contribution in [2.45, 2.75) is 20.8 Å². The molecule has 0 unspecified atom stereocenters. The highest BCUT2D eigenvalue weighted by molar-refractivity contribution is 5.92. The molecule has 0 saturated carbocycles. The monoisotopic (exact) mass is 259 g/mol. The second-order valence-corrected chi connectivity index (χ2v) is 5.88. The Bertz CT molecular complexity index is 642. The Balaban J connectivity index is 2.03. The van der Waals surface area contributed by atoms with Gasteiger partial charge in [-0.15, -0.1) is 0 Å². The van der Waals surface area contributed by atoms with Crippen molar-refractivity contribution in [3.63, 3.8) is 0 Å². The molecule has 1 fully saturated rings. The van der Waals surface area contributed by atoms with Crippen molar-refractivity contribution < 1.29 is 13.9 Å². The van der Waals surface area contributed by atoms with E-state index in [1.54, 1.807) is 4.90 Å². The number of hydrogen-bond acceptors (Lipinski definition) is 3. The van der Waals surface area contributed by atoms with Crippen LogP contribution in [0.4, 0.5) is 10.7 Å². The molecule has 1 aliphatic rings. The minimum absolute atomic E-state index is 0.0675. The zero-order valence-electron chi connectivity index (χ0n) is 11.4. The van der Waals surface area contributed by atoms with E-state index in [0.29, 0.717) is 19.0 Å². The molecule has 0 bridgehead atoms. The van der Waals surface area contributed by atoms with Crippen LogP contribution in [0, 0.1) is 12.3 Å². The molecule has 4 nitrogen and oxygen atoms in total. The minimum atomic E-state index is -0.337. The first-order valence-corrected chi connectivity index (χ1v) is 6.40. The molecule has 0 aliphatic carbocycles. The van der Waals surface area contributed by atoms with E-state index in [-0.39, 0.29) is 11.5 Å². The third-order valence-electron chi connectivity index (χ3n) is 3.43. The smallest absolute Gasteiger partial charge is 0.416 e. The van der Waals surface area contributed by atoms with E-state index >= 15 is 0 Å². The van der Waals surface area contributed by atoms with Crippen molar-refractivity contribution in [3.05, 3.63) is 29.8 Å². The summed E-state index contributed by atoms with van der Waals surface area (Å²) in [5.74, 6) is 0.557. The third kappa shape index (κ3) is 2.07. The molecule has 4 heteroatoms. The van der Waals surface area contributed by atoms with E-state index in [1.807, 2.05) is 31.2 Å². The Morgan fingerprint density at radius 1 is 1.32 bits per heavy atom. The molecule has 0 atom stereocenters. The normalized spacial score (nSPS) is 18.7. The highest BCUT2D eigenvalue weighted by atomic mass is 16.6. The summed E-state index contributed by atoms with van der Waals surface area (Å²) in [5, 5.41) is 1.04. The van der Waals surface area contributed by atoms with Gasteiger partial charge in [0.2, 0.25) is 5.88 Å². The lowest BCUT2D eigenvalue weighted by Gasteiger charge is -2.35. The van der Waals surface area contributed by atoms with Crippen molar-refractivity contribution in [3.8, 4) is 0 Å². The Hall–Kier alpha value is -1.97. The number of furan rings is 1. The van der Waals surface area contributed by atoms with Crippen molar-refractivity contribution in [1.29, 1.82) is 0 Å². The number of hydrogen-bond donors (Lipinski definition) is 0. The van der Waals surface area contributed by atoms with Gasteiger partial charge in [0, 0.05) is 23.4 Å². The zero-order chi connectivity index (χ0) is 13.6. The van der Waals surface area contributed by atoms with Gasteiger partial charge in [0.05, 0.1) is 6.61 Å². The molecule has 2 aromatic rings. The van der Waals surface area contributed by atoms with Gasteiger partial charge in [-0.05, 0) is 18.6 Å². The third-order valence-corrected chi connectivity index (χ3v) is 3.43. The van der Waals surface area contributed by atoms with Crippen LogP contribution in [-0.2, 0) is 4.74 Å². The van der Waals surface area contributed by atoms with Gasteiger partial charge >= 0.3 is 6.09 Å². The summed E-state index contributed by atoms with van der Waals surface area (Å²) in [6.07, 6.45) is -0.337. The lowest BCUT2D eigenvalue weighted by molar-refractivity contribution is 0.0807. The highest BCUT2D eigenvalue weighted by Gasteiger charge is 2.35. The van der Waals surface area contributed by atoms with Crippen LogP contribution in [0.15, 0.2) is 28.7 Å². The molecule has 1 aromatic heterocycles. The number of aryl methyl sites for hydroxylation is 1. The molecule has 1 amide bonds. The second kappa shape index (κ2) is 4.02. The molecular formula is C15H17NO3. The van der Waals surface area contributed by atoms with Crippen molar-refractivity contribution in [2.24, 2.45) is 5.41 Å². The van der Waals surface area contributed by atoms with E-state index in [4.69, 9.17) is 9.15 Å². The number of benzene rings is 1. The van der Waals surface area contributed by atoms with Gasteiger partial charge in [0.15, 0.2) is 0 Å². The first kappa shape index (κ1) is 12.1. The molecular weight excluding hydrogens is 242 g/mol. The van der Waals surface area contributed by atoms with Crippen LogP contribution < -0.4 is 4.90 Å². The van der Waals surface area contributed by atoms with Crippen LogP contribution in [0.2, 0.25) is 0 Å². The number of carbonyl (C=O) groups excluding carboxylic acids is 1. The van der Waals surface area contributed by atoms with Crippen molar-refractivity contribution in [1.82, 2.24) is 0 Å². The topological polar surface area (TPSA) is 42.7 Å². The van der Waals surface area contributed by atoms with Crippen molar-refractivity contribution >= 4 is 22.9 Å². The first-order chi connectivity index (χ1) is 8.96. The fourth-order valence-corrected chi connectivity index (χ4v) is 2.37. The summed E-state index contributed by atoms with van der Waals surface area (Å²) in [7, 11) is 0. The summed E-state index contributed by atoms with van der Waals surface area (Å²) in [6.45, 7) is 7.22. The summed E-state index contributed by atoms with van der Waals surface area (Å²) in [6, 6.07) is 7.79. The van der Waals surface area contributed by atoms with Gasteiger partial charge in [0.1, 0.15) is 5.58 Å². The second-order valence-electron chi connectivity index (χ2n) is 5.88. The molecule has 1 aliphatic heterocycles. The lowest BCUT2D eigenvalue weighted by atomic mass is 9.93. The van der Waals surface area contributed by atoms with E-state index in [1.165, 1.54) is 0 Å². The number of cyclic esters (lactones) is 1. The molecule has 1 aromatic carbocycles. The summed E-state index contributed by atoms with van der Waals surface area (Å²) < 4.78 is 11.0. The average molecular weight is 259 g/mol. The SMILES string of the molecule is Cc1cccc2oc(N3CC(C)(C)COC3=O)cc12. The maximum Gasteiger partial charge on any atom is 0.416 e. The maximum atomic E-state index is 11.9. The Labute approximate surface area is 111 Å². The standard InChI is InChI=1S/C15H17NO3/c1-10-5-4-6-12-11(10)7-13(19-12)16-8-15(2,3)9-18-14(16)17/h4-7H,8-9H2,1-3H3. The molecule has 100 valence electrons. The average Bonchev–Trinajstić information content (AvgIpc) is 2.78. The molecule has 3 rings (SSSR count). The maximum absolute atomic E-state index is 11.9. The van der Waals surface area contributed by atoms with E-state index in [9.17, 15) is 4.79 Å². The predicted molar refractivity (Wildman–Crippen MR) is 73.4 cm³/mol. The molecule has 1 saturated heterocycles. The number of amides is 1.